The van der Waals surface area contributed by atoms with Crippen LogP contribution < -0.4 is 10.1 Å². The number of anilines is 2. The number of fused-ring (bicyclic) bond motifs is 2. The second kappa shape index (κ2) is 3.98. The second-order valence-electron chi connectivity index (χ2n) is 4.00. The second-order valence-corrected chi connectivity index (χ2v) is 4.00. The van der Waals surface area contributed by atoms with Gasteiger partial charge in [-0.2, -0.15) is 0 Å². The van der Waals surface area contributed by atoms with Crippen LogP contribution in [0.5, 0.6) is 5.75 Å². The molecule has 17 heavy (non-hydrogen) atoms. The van der Waals surface area contributed by atoms with E-state index in [0.717, 1.165) is 22.7 Å². The number of nitrogens with one attached hydrogen (secondary N) is 1. The fraction of sp³-hybridized carbons (Fsp3) is 0.0667. The van der Waals surface area contributed by atoms with E-state index in [1.54, 1.807) is 7.11 Å². The van der Waals surface area contributed by atoms with Gasteiger partial charge in [0.15, 0.2) is 0 Å². The van der Waals surface area contributed by atoms with Crippen LogP contribution in [0, 0.1) is 0 Å². The zero-order chi connectivity index (χ0) is 11.7. The lowest BCUT2D eigenvalue weighted by molar-refractivity contribution is 0.415. The molecule has 0 radical (unpaired) electrons. The van der Waals surface area contributed by atoms with Gasteiger partial charge >= 0.3 is 0 Å². The summed E-state index contributed by atoms with van der Waals surface area (Å²) in [7, 11) is 1.68. The summed E-state index contributed by atoms with van der Waals surface area (Å²) in [4.78, 5) is 0. The summed E-state index contributed by atoms with van der Waals surface area (Å²) in [5, 5.41) is 3.44. The molecule has 2 aromatic rings. The third kappa shape index (κ3) is 1.78. The van der Waals surface area contributed by atoms with E-state index in [0.29, 0.717) is 0 Å². The van der Waals surface area contributed by atoms with Gasteiger partial charge in [0.25, 0.3) is 0 Å². The average Bonchev–Trinajstić information content (AvgIpc) is 2.57. The lowest BCUT2D eigenvalue weighted by Crippen LogP contribution is -1.93. The Balaban J connectivity index is 2.11. The molecule has 1 aliphatic rings. The summed E-state index contributed by atoms with van der Waals surface area (Å²) in [6.45, 7) is 0. The third-order valence-corrected chi connectivity index (χ3v) is 2.93. The highest BCUT2D eigenvalue weighted by Crippen LogP contribution is 2.32. The Morgan fingerprint density at radius 1 is 0.882 bits per heavy atom. The molecular weight excluding hydrogens is 210 g/mol. The predicted octanol–water partition coefficient (Wildman–Crippen LogP) is 3.92. The van der Waals surface area contributed by atoms with Gasteiger partial charge in [-0.25, -0.2) is 0 Å². The molecule has 0 unspecified atom stereocenters. The molecule has 1 N–H and O–H groups in total. The quantitative estimate of drug-likeness (QED) is 0.675. The number of rotatable bonds is 1. The van der Waals surface area contributed by atoms with Gasteiger partial charge < -0.3 is 10.1 Å². The SMILES string of the molecule is COc1ccc2c(c1)C=Cc1ccccc1N2. The molecule has 0 saturated heterocycles. The first-order valence-corrected chi connectivity index (χ1v) is 5.59. The van der Waals surface area contributed by atoms with Gasteiger partial charge in [0.05, 0.1) is 7.11 Å². The maximum Gasteiger partial charge on any atom is 0.119 e. The minimum absolute atomic E-state index is 0.876. The molecule has 0 spiro atoms. The Hall–Kier alpha value is -2.22. The minimum Gasteiger partial charge on any atom is -0.497 e. The summed E-state index contributed by atoms with van der Waals surface area (Å²) >= 11 is 0. The van der Waals surface area contributed by atoms with Crippen molar-refractivity contribution < 1.29 is 4.74 Å². The van der Waals surface area contributed by atoms with Crippen LogP contribution in [0.25, 0.3) is 12.2 Å². The molecule has 0 bridgehead atoms. The summed E-state index contributed by atoms with van der Waals surface area (Å²) in [5.74, 6) is 0.876. The lowest BCUT2D eigenvalue weighted by atomic mass is 10.1. The first kappa shape index (κ1) is 9.97. The molecule has 0 atom stereocenters. The Labute approximate surface area is 101 Å². The normalized spacial score (nSPS) is 12.1. The van der Waals surface area contributed by atoms with E-state index in [2.05, 4.69) is 29.6 Å². The van der Waals surface area contributed by atoms with Gasteiger partial charge in [0.2, 0.25) is 0 Å². The monoisotopic (exact) mass is 223 g/mol. The molecule has 2 nitrogen and oxygen atoms in total. The van der Waals surface area contributed by atoms with E-state index in [9.17, 15) is 0 Å². The van der Waals surface area contributed by atoms with Crippen molar-refractivity contribution in [3.63, 3.8) is 0 Å². The largest absolute Gasteiger partial charge is 0.497 e. The standard InChI is InChI=1S/C15H13NO/c1-17-13-8-9-15-12(10-13)7-6-11-4-2-3-5-14(11)16-15/h2-10,16H,1H3. The molecule has 0 aliphatic carbocycles. The van der Waals surface area contributed by atoms with Crippen LogP contribution in [0.15, 0.2) is 42.5 Å². The van der Waals surface area contributed by atoms with E-state index < -0.39 is 0 Å². The zero-order valence-corrected chi connectivity index (χ0v) is 9.60. The molecule has 1 aliphatic heterocycles. The number of benzene rings is 2. The number of para-hydroxylation sites is 1. The van der Waals surface area contributed by atoms with E-state index in [1.807, 2.05) is 30.3 Å². The summed E-state index contributed by atoms with van der Waals surface area (Å²) in [5.41, 5.74) is 4.57. The summed E-state index contributed by atoms with van der Waals surface area (Å²) in [6.07, 6.45) is 4.23. The van der Waals surface area contributed by atoms with Gasteiger partial charge in [0, 0.05) is 16.9 Å². The van der Waals surface area contributed by atoms with E-state index in [-0.39, 0.29) is 0 Å². The minimum atomic E-state index is 0.876. The Kier molecular flexibility index (Phi) is 2.33. The van der Waals surface area contributed by atoms with Crippen LogP contribution in [0.3, 0.4) is 0 Å². The molecule has 2 aromatic carbocycles. The van der Waals surface area contributed by atoms with Crippen molar-refractivity contribution in [1.82, 2.24) is 0 Å². The topological polar surface area (TPSA) is 21.3 Å². The average molecular weight is 223 g/mol. The van der Waals surface area contributed by atoms with Crippen LogP contribution >= 0.6 is 0 Å². The number of hydrogen-bond acceptors (Lipinski definition) is 2. The lowest BCUT2D eigenvalue weighted by Gasteiger charge is -2.10. The molecule has 0 fully saturated rings. The number of hydrogen-bond donors (Lipinski definition) is 1. The van der Waals surface area contributed by atoms with Gasteiger partial charge in [-0.05, 0) is 29.8 Å². The fourth-order valence-electron chi connectivity index (χ4n) is 2.00. The van der Waals surface area contributed by atoms with Crippen molar-refractivity contribution in [3.05, 3.63) is 53.6 Å². The van der Waals surface area contributed by atoms with Gasteiger partial charge in [-0.15, -0.1) is 0 Å². The van der Waals surface area contributed by atoms with Gasteiger partial charge in [-0.3, -0.25) is 0 Å². The highest BCUT2D eigenvalue weighted by atomic mass is 16.5. The Morgan fingerprint density at radius 2 is 1.65 bits per heavy atom. The molecular formula is C15H13NO. The maximum atomic E-state index is 5.24. The van der Waals surface area contributed by atoms with Crippen LogP contribution in [0.2, 0.25) is 0 Å². The highest BCUT2D eigenvalue weighted by Gasteiger charge is 2.08. The van der Waals surface area contributed by atoms with Crippen LogP contribution in [0.1, 0.15) is 11.1 Å². The summed E-state index contributed by atoms with van der Waals surface area (Å²) in [6, 6.07) is 14.3. The molecule has 0 aromatic heterocycles. The molecule has 3 rings (SSSR count). The van der Waals surface area contributed by atoms with Crippen LogP contribution in [-0.2, 0) is 0 Å². The smallest absolute Gasteiger partial charge is 0.119 e. The van der Waals surface area contributed by atoms with Crippen molar-refractivity contribution in [3.8, 4) is 5.75 Å². The third-order valence-electron chi connectivity index (χ3n) is 2.93. The Bertz CT molecular complexity index is 587. The number of ether oxygens (including phenoxy) is 1. The van der Waals surface area contributed by atoms with Crippen LogP contribution in [-0.4, -0.2) is 7.11 Å². The zero-order valence-electron chi connectivity index (χ0n) is 9.60. The number of methoxy groups -OCH3 is 1. The molecule has 84 valence electrons. The molecule has 0 saturated carbocycles. The molecule has 2 heteroatoms. The van der Waals surface area contributed by atoms with Crippen molar-refractivity contribution in [2.75, 3.05) is 12.4 Å². The molecule has 1 heterocycles. The highest BCUT2D eigenvalue weighted by molar-refractivity contribution is 5.87. The maximum absolute atomic E-state index is 5.24. The summed E-state index contributed by atoms with van der Waals surface area (Å²) < 4.78 is 5.24. The van der Waals surface area contributed by atoms with E-state index >= 15 is 0 Å². The van der Waals surface area contributed by atoms with E-state index in [1.165, 1.54) is 5.56 Å². The van der Waals surface area contributed by atoms with E-state index in [4.69, 9.17) is 4.74 Å². The fourth-order valence-corrected chi connectivity index (χ4v) is 2.00. The van der Waals surface area contributed by atoms with Crippen LogP contribution in [0.4, 0.5) is 11.4 Å². The van der Waals surface area contributed by atoms with Crippen molar-refractivity contribution >= 4 is 23.5 Å². The van der Waals surface area contributed by atoms with Gasteiger partial charge in [-0.1, -0.05) is 30.4 Å². The Morgan fingerprint density at radius 3 is 2.53 bits per heavy atom. The first-order chi connectivity index (χ1) is 8.36. The first-order valence-electron chi connectivity index (χ1n) is 5.59. The predicted molar refractivity (Wildman–Crippen MR) is 71.6 cm³/mol. The van der Waals surface area contributed by atoms with Crippen molar-refractivity contribution in [2.45, 2.75) is 0 Å². The van der Waals surface area contributed by atoms with Crippen molar-refractivity contribution in [1.29, 1.82) is 0 Å². The molecule has 0 amide bonds. The van der Waals surface area contributed by atoms with Crippen molar-refractivity contribution in [2.24, 2.45) is 0 Å². The van der Waals surface area contributed by atoms with Gasteiger partial charge in [0.1, 0.15) is 5.75 Å².